The first kappa shape index (κ1) is 9.49. The highest BCUT2D eigenvalue weighted by Gasteiger charge is 2.08. The molecule has 0 saturated carbocycles. The van der Waals surface area contributed by atoms with Gasteiger partial charge in [0.2, 0.25) is 5.28 Å². The second-order valence-corrected chi connectivity index (χ2v) is 3.33. The standard InChI is InChI=1S/C9H6Cl2N2O/c1-14-6-4-2-3-5-7(6)8(10)13-9(11)12-5/h2-4H,1H3. The molecule has 0 spiro atoms. The minimum atomic E-state index is 0.135. The number of methoxy groups -OCH3 is 1. The van der Waals surface area contributed by atoms with Crippen LogP contribution in [-0.2, 0) is 0 Å². The van der Waals surface area contributed by atoms with Crippen molar-refractivity contribution in [2.75, 3.05) is 7.11 Å². The molecule has 0 fully saturated rings. The number of aromatic nitrogens is 2. The summed E-state index contributed by atoms with van der Waals surface area (Å²) in [5.74, 6) is 0.643. The molecule has 2 rings (SSSR count). The van der Waals surface area contributed by atoms with Crippen LogP contribution in [0.2, 0.25) is 10.4 Å². The first-order valence-electron chi connectivity index (χ1n) is 3.88. The van der Waals surface area contributed by atoms with Crippen LogP contribution in [-0.4, -0.2) is 17.1 Å². The molecule has 0 aliphatic heterocycles. The van der Waals surface area contributed by atoms with Gasteiger partial charge in [-0.05, 0) is 23.7 Å². The largest absolute Gasteiger partial charge is 0.496 e. The fourth-order valence-electron chi connectivity index (χ4n) is 1.25. The number of halogens is 2. The third-order valence-corrected chi connectivity index (χ3v) is 2.28. The quantitative estimate of drug-likeness (QED) is 0.557. The van der Waals surface area contributed by atoms with Gasteiger partial charge < -0.3 is 4.74 Å². The average molecular weight is 229 g/mol. The lowest BCUT2D eigenvalue weighted by Crippen LogP contribution is -1.90. The minimum absolute atomic E-state index is 0.135. The van der Waals surface area contributed by atoms with Crippen molar-refractivity contribution in [3.05, 3.63) is 28.6 Å². The number of hydrogen-bond acceptors (Lipinski definition) is 3. The molecule has 14 heavy (non-hydrogen) atoms. The van der Waals surface area contributed by atoms with E-state index < -0.39 is 0 Å². The van der Waals surface area contributed by atoms with Crippen LogP contribution < -0.4 is 4.74 Å². The maximum Gasteiger partial charge on any atom is 0.224 e. The molecular weight excluding hydrogens is 223 g/mol. The van der Waals surface area contributed by atoms with Crippen LogP contribution in [0.3, 0.4) is 0 Å². The van der Waals surface area contributed by atoms with Crippen molar-refractivity contribution in [3.63, 3.8) is 0 Å². The van der Waals surface area contributed by atoms with Crippen molar-refractivity contribution < 1.29 is 4.74 Å². The van der Waals surface area contributed by atoms with Gasteiger partial charge in [0.15, 0.2) is 0 Å². The molecule has 3 nitrogen and oxygen atoms in total. The zero-order valence-electron chi connectivity index (χ0n) is 7.29. The highest BCUT2D eigenvalue weighted by Crippen LogP contribution is 2.30. The zero-order valence-corrected chi connectivity index (χ0v) is 8.80. The number of rotatable bonds is 1. The van der Waals surface area contributed by atoms with Gasteiger partial charge in [0.1, 0.15) is 10.9 Å². The molecule has 1 aromatic carbocycles. The third kappa shape index (κ3) is 1.49. The normalized spacial score (nSPS) is 10.5. The van der Waals surface area contributed by atoms with Gasteiger partial charge in [0.25, 0.3) is 0 Å². The monoisotopic (exact) mass is 228 g/mol. The van der Waals surface area contributed by atoms with E-state index in [1.165, 1.54) is 0 Å². The van der Waals surface area contributed by atoms with E-state index in [9.17, 15) is 0 Å². The molecule has 0 radical (unpaired) electrons. The molecule has 0 aliphatic rings. The first-order chi connectivity index (χ1) is 6.72. The van der Waals surface area contributed by atoms with Crippen LogP contribution in [0.15, 0.2) is 18.2 Å². The number of fused-ring (bicyclic) bond motifs is 1. The summed E-state index contributed by atoms with van der Waals surface area (Å²) < 4.78 is 5.14. The average Bonchev–Trinajstić information content (AvgIpc) is 2.16. The molecule has 0 bridgehead atoms. The van der Waals surface area contributed by atoms with Gasteiger partial charge in [-0.3, -0.25) is 0 Å². The highest BCUT2D eigenvalue weighted by atomic mass is 35.5. The van der Waals surface area contributed by atoms with Gasteiger partial charge in [-0.2, -0.15) is 0 Å². The van der Waals surface area contributed by atoms with E-state index in [0.29, 0.717) is 21.8 Å². The maximum atomic E-state index is 5.93. The second kappa shape index (κ2) is 3.59. The molecule has 5 heteroatoms. The van der Waals surface area contributed by atoms with Gasteiger partial charge in [0, 0.05) is 0 Å². The molecule has 0 aliphatic carbocycles. The maximum absolute atomic E-state index is 5.93. The smallest absolute Gasteiger partial charge is 0.224 e. The second-order valence-electron chi connectivity index (χ2n) is 2.64. The van der Waals surface area contributed by atoms with Crippen LogP contribution in [0.1, 0.15) is 0 Å². The molecule has 0 amide bonds. The van der Waals surface area contributed by atoms with Crippen LogP contribution in [0.5, 0.6) is 5.75 Å². The highest BCUT2D eigenvalue weighted by molar-refractivity contribution is 6.36. The lowest BCUT2D eigenvalue weighted by molar-refractivity contribution is 0.419. The van der Waals surface area contributed by atoms with Crippen LogP contribution >= 0.6 is 23.2 Å². The van der Waals surface area contributed by atoms with Crippen LogP contribution in [0.25, 0.3) is 10.9 Å². The van der Waals surface area contributed by atoms with E-state index in [4.69, 9.17) is 27.9 Å². The van der Waals surface area contributed by atoms with E-state index in [1.54, 1.807) is 19.2 Å². The minimum Gasteiger partial charge on any atom is -0.496 e. The Bertz CT molecular complexity index is 487. The van der Waals surface area contributed by atoms with E-state index >= 15 is 0 Å². The molecule has 0 unspecified atom stereocenters. The molecule has 0 N–H and O–H groups in total. The summed E-state index contributed by atoms with van der Waals surface area (Å²) in [6, 6.07) is 5.42. The molecule has 0 saturated heterocycles. The fraction of sp³-hybridized carbons (Fsp3) is 0.111. The van der Waals surface area contributed by atoms with E-state index in [2.05, 4.69) is 9.97 Å². The molecule has 72 valence electrons. The Labute approximate surface area is 90.6 Å². The lowest BCUT2D eigenvalue weighted by atomic mass is 10.2. The van der Waals surface area contributed by atoms with Gasteiger partial charge in [-0.25, -0.2) is 9.97 Å². The zero-order chi connectivity index (χ0) is 10.1. The van der Waals surface area contributed by atoms with Gasteiger partial charge in [0.05, 0.1) is 18.0 Å². The Morgan fingerprint density at radius 1 is 1.21 bits per heavy atom. The summed E-state index contributed by atoms with van der Waals surface area (Å²) in [6.07, 6.45) is 0. The number of ether oxygens (including phenoxy) is 1. The lowest BCUT2D eigenvalue weighted by Gasteiger charge is -2.05. The van der Waals surface area contributed by atoms with Crippen LogP contribution in [0, 0.1) is 0 Å². The summed E-state index contributed by atoms with van der Waals surface area (Å²) in [5, 5.41) is 1.12. The van der Waals surface area contributed by atoms with E-state index in [1.807, 2.05) is 6.07 Å². The Balaban J connectivity index is 2.87. The Morgan fingerprint density at radius 3 is 2.71 bits per heavy atom. The Hall–Kier alpha value is -1.06. The summed E-state index contributed by atoms with van der Waals surface area (Å²) in [6.45, 7) is 0. The molecule has 0 atom stereocenters. The fourth-order valence-corrected chi connectivity index (χ4v) is 1.74. The van der Waals surface area contributed by atoms with Crippen molar-refractivity contribution in [2.45, 2.75) is 0 Å². The summed E-state index contributed by atoms with van der Waals surface area (Å²) in [4.78, 5) is 7.89. The van der Waals surface area contributed by atoms with Crippen molar-refractivity contribution in [2.24, 2.45) is 0 Å². The third-order valence-electron chi connectivity index (χ3n) is 1.83. The van der Waals surface area contributed by atoms with Crippen molar-refractivity contribution >= 4 is 34.1 Å². The number of hydrogen-bond donors (Lipinski definition) is 0. The van der Waals surface area contributed by atoms with E-state index in [0.717, 1.165) is 0 Å². The van der Waals surface area contributed by atoms with Gasteiger partial charge in [-0.1, -0.05) is 17.7 Å². The van der Waals surface area contributed by atoms with Gasteiger partial charge in [-0.15, -0.1) is 0 Å². The predicted octanol–water partition coefficient (Wildman–Crippen LogP) is 2.95. The van der Waals surface area contributed by atoms with Crippen molar-refractivity contribution in [1.29, 1.82) is 0 Å². The van der Waals surface area contributed by atoms with Gasteiger partial charge >= 0.3 is 0 Å². The summed E-state index contributed by atoms with van der Waals surface area (Å²) >= 11 is 11.6. The Morgan fingerprint density at radius 2 is 2.00 bits per heavy atom. The molecular formula is C9H6Cl2N2O. The van der Waals surface area contributed by atoms with Crippen molar-refractivity contribution in [3.8, 4) is 5.75 Å². The molecule has 1 heterocycles. The predicted molar refractivity (Wildman–Crippen MR) is 56.1 cm³/mol. The first-order valence-corrected chi connectivity index (χ1v) is 4.63. The SMILES string of the molecule is COc1cccc2nc(Cl)nc(Cl)c12. The Kier molecular flexibility index (Phi) is 2.44. The molecule has 2 aromatic rings. The summed E-state index contributed by atoms with van der Waals surface area (Å²) in [5.41, 5.74) is 0.675. The van der Waals surface area contributed by atoms with Crippen molar-refractivity contribution in [1.82, 2.24) is 9.97 Å². The summed E-state index contributed by atoms with van der Waals surface area (Å²) in [7, 11) is 1.57. The number of nitrogens with zero attached hydrogens (tertiary/aromatic N) is 2. The number of benzene rings is 1. The van der Waals surface area contributed by atoms with Crippen LogP contribution in [0.4, 0.5) is 0 Å². The molecule has 1 aromatic heterocycles. The topological polar surface area (TPSA) is 35.0 Å². The van der Waals surface area contributed by atoms with E-state index in [-0.39, 0.29) is 5.28 Å².